The molecular formula is C36H44N4O4. The highest BCUT2D eigenvalue weighted by Gasteiger charge is 2.29. The Hall–Kier alpha value is -4.46. The van der Waals surface area contributed by atoms with Crippen LogP contribution in [0.5, 0.6) is 5.75 Å². The number of hydrogen-bond donors (Lipinski definition) is 2. The maximum absolute atomic E-state index is 13.4. The summed E-state index contributed by atoms with van der Waals surface area (Å²) in [5, 5.41) is 11.2. The number of benzene rings is 3. The zero-order chi connectivity index (χ0) is 32.1. The largest absolute Gasteiger partial charge is 0.480 e. The van der Waals surface area contributed by atoms with Crippen molar-refractivity contribution in [2.75, 3.05) is 10.3 Å². The van der Waals surface area contributed by atoms with E-state index in [1.54, 1.807) is 36.4 Å². The standard InChI is InChI=1S/C36H44N4O4/c1-8-29(44-30-20-19-25(35(4,5)9-2)22-28(30)36(6,7)10-3)34(43)37-26-16-14-15-24(21-26)33(42)38-31-23-32(41)40(39-31)27-17-12-11-13-18-27/h11-22,29H,8-10,23H2,1-7H3,(H,37,43)(H,38,39,42). The number of hydrazone groups is 1. The minimum Gasteiger partial charge on any atom is -0.480 e. The van der Waals surface area contributed by atoms with E-state index >= 15 is 0 Å². The number of carbonyl (C=O) groups excluding carboxylic acids is 3. The number of ether oxygens (including phenoxy) is 1. The summed E-state index contributed by atoms with van der Waals surface area (Å²) in [5.41, 5.74) is 3.64. The summed E-state index contributed by atoms with van der Waals surface area (Å²) in [5.74, 6) is 0.0169. The van der Waals surface area contributed by atoms with E-state index in [4.69, 9.17) is 4.74 Å². The van der Waals surface area contributed by atoms with Crippen molar-refractivity contribution in [3.63, 3.8) is 0 Å². The maximum Gasteiger partial charge on any atom is 0.265 e. The van der Waals surface area contributed by atoms with Crippen molar-refractivity contribution in [2.45, 2.75) is 91.1 Å². The quantitative estimate of drug-likeness (QED) is 0.242. The summed E-state index contributed by atoms with van der Waals surface area (Å²) < 4.78 is 6.40. The van der Waals surface area contributed by atoms with Gasteiger partial charge in [0.1, 0.15) is 11.6 Å². The van der Waals surface area contributed by atoms with Gasteiger partial charge in [-0.15, -0.1) is 0 Å². The van der Waals surface area contributed by atoms with Gasteiger partial charge in [-0.05, 0) is 72.1 Å². The monoisotopic (exact) mass is 596 g/mol. The molecule has 0 saturated carbocycles. The van der Waals surface area contributed by atoms with Crippen molar-refractivity contribution in [3.8, 4) is 5.75 Å². The molecule has 3 aromatic rings. The molecule has 0 fully saturated rings. The number of nitrogens with zero attached hydrogens (tertiary/aromatic N) is 2. The fourth-order valence-electron chi connectivity index (χ4n) is 4.89. The van der Waals surface area contributed by atoms with Crippen LogP contribution in [-0.4, -0.2) is 29.7 Å². The molecule has 0 spiro atoms. The lowest BCUT2D eigenvalue weighted by atomic mass is 9.76. The third-order valence-corrected chi connectivity index (χ3v) is 8.62. The maximum atomic E-state index is 13.4. The highest BCUT2D eigenvalue weighted by atomic mass is 16.5. The van der Waals surface area contributed by atoms with Crippen molar-refractivity contribution in [2.24, 2.45) is 5.10 Å². The molecule has 8 nitrogen and oxygen atoms in total. The predicted octanol–water partition coefficient (Wildman–Crippen LogP) is 7.34. The van der Waals surface area contributed by atoms with Crippen LogP contribution in [-0.2, 0) is 20.4 Å². The first-order valence-electron chi connectivity index (χ1n) is 15.4. The summed E-state index contributed by atoms with van der Waals surface area (Å²) in [6.45, 7) is 15.1. The number of para-hydroxylation sites is 1. The number of nitrogens with one attached hydrogen (secondary N) is 2. The molecule has 3 aromatic carbocycles. The topological polar surface area (TPSA) is 100 Å². The van der Waals surface area contributed by atoms with Crippen molar-refractivity contribution < 1.29 is 19.1 Å². The first kappa shape index (κ1) is 32.5. The first-order chi connectivity index (χ1) is 20.9. The lowest BCUT2D eigenvalue weighted by molar-refractivity contribution is -0.123. The van der Waals surface area contributed by atoms with E-state index in [1.807, 2.05) is 31.2 Å². The molecule has 8 heteroatoms. The van der Waals surface area contributed by atoms with E-state index in [2.05, 4.69) is 69.4 Å². The Labute approximate surface area is 260 Å². The highest BCUT2D eigenvalue weighted by Crippen LogP contribution is 2.39. The summed E-state index contributed by atoms with van der Waals surface area (Å²) in [7, 11) is 0. The van der Waals surface area contributed by atoms with Crippen LogP contribution in [0.25, 0.3) is 0 Å². The molecule has 232 valence electrons. The molecule has 1 aliphatic heterocycles. The van der Waals surface area contributed by atoms with Crippen molar-refractivity contribution >= 4 is 34.9 Å². The fraction of sp³-hybridized carbons (Fsp3) is 0.389. The Morgan fingerprint density at radius 1 is 0.886 bits per heavy atom. The van der Waals surface area contributed by atoms with E-state index in [1.165, 1.54) is 10.6 Å². The van der Waals surface area contributed by atoms with Crippen molar-refractivity contribution in [1.82, 2.24) is 5.32 Å². The Morgan fingerprint density at radius 3 is 2.25 bits per heavy atom. The molecule has 1 unspecified atom stereocenters. The van der Waals surface area contributed by atoms with E-state index < -0.39 is 12.0 Å². The van der Waals surface area contributed by atoms with Gasteiger partial charge in [0.2, 0.25) is 0 Å². The zero-order valence-corrected chi connectivity index (χ0v) is 26.9. The highest BCUT2D eigenvalue weighted by molar-refractivity contribution is 6.18. The molecule has 1 aliphatic rings. The van der Waals surface area contributed by atoms with Gasteiger partial charge < -0.3 is 15.4 Å². The average molecular weight is 597 g/mol. The van der Waals surface area contributed by atoms with Crippen molar-refractivity contribution in [3.05, 3.63) is 89.5 Å². The molecule has 4 rings (SSSR count). The van der Waals surface area contributed by atoms with Gasteiger partial charge in [-0.2, -0.15) is 10.1 Å². The second-order valence-electron chi connectivity index (χ2n) is 12.5. The lowest BCUT2D eigenvalue weighted by Gasteiger charge is -2.31. The van der Waals surface area contributed by atoms with E-state index in [0.29, 0.717) is 29.1 Å². The Bertz CT molecular complexity index is 1540. The molecule has 0 saturated heterocycles. The lowest BCUT2D eigenvalue weighted by Crippen LogP contribution is -2.33. The zero-order valence-electron chi connectivity index (χ0n) is 26.9. The number of amidine groups is 1. The number of rotatable bonds is 11. The Kier molecular flexibility index (Phi) is 9.92. The van der Waals surface area contributed by atoms with Crippen LogP contribution in [0.4, 0.5) is 11.4 Å². The van der Waals surface area contributed by atoms with Crippen molar-refractivity contribution in [1.29, 1.82) is 0 Å². The molecule has 3 amide bonds. The number of amides is 3. The van der Waals surface area contributed by atoms with Crippen LogP contribution in [0, 0.1) is 0 Å². The summed E-state index contributed by atoms with van der Waals surface area (Å²) in [6, 6.07) is 22.0. The van der Waals surface area contributed by atoms with Gasteiger partial charge >= 0.3 is 0 Å². The molecule has 44 heavy (non-hydrogen) atoms. The SMILES string of the molecule is CCC(Oc1ccc(C(C)(C)CC)cc1C(C)(C)CC)C(=O)Nc1cccc(C(=O)NC2=NN(c3ccccc3)C(=O)C2)c1. The van der Waals surface area contributed by atoms with E-state index in [9.17, 15) is 14.4 Å². The fourth-order valence-corrected chi connectivity index (χ4v) is 4.89. The molecular weight excluding hydrogens is 552 g/mol. The minimum absolute atomic E-state index is 0.0136. The summed E-state index contributed by atoms with van der Waals surface area (Å²) in [4.78, 5) is 38.9. The van der Waals surface area contributed by atoms with Crippen LogP contribution >= 0.6 is 0 Å². The Balaban J connectivity index is 1.47. The molecule has 2 N–H and O–H groups in total. The molecule has 0 radical (unpaired) electrons. The second kappa shape index (κ2) is 13.5. The predicted molar refractivity (Wildman–Crippen MR) is 176 cm³/mol. The van der Waals surface area contributed by atoms with Gasteiger partial charge in [0, 0.05) is 16.8 Å². The van der Waals surface area contributed by atoms with Gasteiger partial charge in [-0.1, -0.05) is 84.9 Å². The Morgan fingerprint density at radius 2 is 1.59 bits per heavy atom. The third kappa shape index (κ3) is 7.36. The second-order valence-corrected chi connectivity index (χ2v) is 12.5. The summed E-state index contributed by atoms with van der Waals surface area (Å²) in [6.07, 6.45) is 1.65. The smallest absolute Gasteiger partial charge is 0.265 e. The minimum atomic E-state index is -0.730. The van der Waals surface area contributed by atoms with Gasteiger partial charge in [0.25, 0.3) is 17.7 Å². The molecule has 0 bridgehead atoms. The van der Waals surface area contributed by atoms with Gasteiger partial charge in [0.15, 0.2) is 6.10 Å². The number of anilines is 2. The van der Waals surface area contributed by atoms with Gasteiger partial charge in [-0.3, -0.25) is 14.4 Å². The van der Waals surface area contributed by atoms with E-state index in [-0.39, 0.29) is 34.9 Å². The molecule has 1 atom stereocenters. The van der Waals surface area contributed by atoms with Gasteiger partial charge in [-0.25, -0.2) is 0 Å². The number of carbonyl (C=O) groups is 3. The number of hydrogen-bond acceptors (Lipinski definition) is 5. The molecule has 1 heterocycles. The van der Waals surface area contributed by atoms with Crippen LogP contribution in [0.3, 0.4) is 0 Å². The van der Waals surface area contributed by atoms with Crippen LogP contribution in [0.1, 0.15) is 95.6 Å². The first-order valence-corrected chi connectivity index (χ1v) is 15.4. The average Bonchev–Trinajstić information content (AvgIpc) is 3.39. The molecule has 0 aliphatic carbocycles. The third-order valence-electron chi connectivity index (χ3n) is 8.62. The van der Waals surface area contributed by atoms with Crippen LogP contribution in [0.15, 0.2) is 77.9 Å². The summed E-state index contributed by atoms with van der Waals surface area (Å²) >= 11 is 0. The van der Waals surface area contributed by atoms with Gasteiger partial charge in [0.05, 0.1) is 12.1 Å². The van der Waals surface area contributed by atoms with Crippen LogP contribution in [0.2, 0.25) is 0 Å². The molecule has 0 aromatic heterocycles. The normalized spacial score (nSPS) is 14.2. The van der Waals surface area contributed by atoms with Crippen LogP contribution < -0.4 is 20.4 Å². The van der Waals surface area contributed by atoms with E-state index in [0.717, 1.165) is 18.4 Å².